The Morgan fingerprint density at radius 3 is 2.60 bits per heavy atom. The third-order valence-corrected chi connectivity index (χ3v) is 5.81. The molecule has 0 aromatic heterocycles. The van der Waals surface area contributed by atoms with Gasteiger partial charge in [-0.15, -0.1) is 0 Å². The average molecular weight is 444 g/mol. The van der Waals surface area contributed by atoms with E-state index in [4.69, 9.17) is 21.7 Å². The van der Waals surface area contributed by atoms with Crippen molar-refractivity contribution in [1.29, 1.82) is 0 Å². The van der Waals surface area contributed by atoms with Crippen LogP contribution in [0.25, 0.3) is 6.08 Å². The monoisotopic (exact) mass is 443 g/mol. The largest absolute Gasteiger partial charge is 0.493 e. The highest BCUT2D eigenvalue weighted by Gasteiger charge is 2.40. The van der Waals surface area contributed by atoms with Gasteiger partial charge in [-0.05, 0) is 36.3 Å². The van der Waals surface area contributed by atoms with Gasteiger partial charge < -0.3 is 14.6 Å². The first kappa shape index (κ1) is 21.9. The van der Waals surface area contributed by atoms with Gasteiger partial charge in [-0.25, -0.2) is 4.79 Å². The Hall–Kier alpha value is -2.84. The lowest BCUT2D eigenvalue weighted by molar-refractivity contribution is -0.145. The van der Waals surface area contributed by atoms with Crippen molar-refractivity contribution < 1.29 is 24.2 Å². The Labute approximate surface area is 184 Å². The summed E-state index contributed by atoms with van der Waals surface area (Å²) in [6, 6.07) is 13.4. The highest BCUT2D eigenvalue weighted by Crippen LogP contribution is 2.36. The topological polar surface area (TPSA) is 76.1 Å². The fraction of sp³-hybridized carbons (Fsp3) is 0.227. The summed E-state index contributed by atoms with van der Waals surface area (Å²) in [5, 5.41) is 9.74. The molecule has 6 nitrogen and oxygen atoms in total. The van der Waals surface area contributed by atoms with E-state index in [-0.39, 0.29) is 10.7 Å². The van der Waals surface area contributed by atoms with Gasteiger partial charge >= 0.3 is 5.97 Å². The summed E-state index contributed by atoms with van der Waals surface area (Å²) in [7, 11) is 1.54. The summed E-state index contributed by atoms with van der Waals surface area (Å²) in [6.45, 7) is 2.39. The van der Waals surface area contributed by atoms with Gasteiger partial charge in [-0.2, -0.15) is 0 Å². The number of benzene rings is 2. The minimum atomic E-state index is -1.10. The summed E-state index contributed by atoms with van der Waals surface area (Å²) in [5.74, 6) is -0.354. The molecule has 1 unspecified atom stereocenters. The molecule has 1 fully saturated rings. The van der Waals surface area contributed by atoms with Gasteiger partial charge in [0.1, 0.15) is 10.4 Å². The van der Waals surface area contributed by atoms with Crippen LogP contribution >= 0.6 is 24.0 Å². The number of hydrogen-bond donors (Lipinski definition) is 1. The van der Waals surface area contributed by atoms with Gasteiger partial charge in [0.25, 0.3) is 5.91 Å². The number of carboxylic acid groups (broad SMARTS) is 1. The van der Waals surface area contributed by atoms with Crippen LogP contribution in [-0.4, -0.2) is 46.0 Å². The second-order valence-corrected chi connectivity index (χ2v) is 8.11. The van der Waals surface area contributed by atoms with Crippen molar-refractivity contribution in [1.82, 2.24) is 4.90 Å². The van der Waals surface area contributed by atoms with Gasteiger partial charge in [0.15, 0.2) is 11.5 Å². The second-order valence-electron chi connectivity index (χ2n) is 6.44. The van der Waals surface area contributed by atoms with Gasteiger partial charge in [-0.3, -0.25) is 9.69 Å². The summed E-state index contributed by atoms with van der Waals surface area (Å²) in [6.07, 6.45) is 1.85. The van der Waals surface area contributed by atoms with E-state index in [1.807, 2.05) is 37.3 Å². The van der Waals surface area contributed by atoms with Crippen LogP contribution in [0.5, 0.6) is 11.5 Å². The first-order chi connectivity index (χ1) is 14.4. The number of carbonyl (C=O) groups excluding carboxylic acids is 1. The molecule has 156 valence electrons. The summed E-state index contributed by atoms with van der Waals surface area (Å²) in [4.78, 5) is 26.5. The predicted molar refractivity (Wildman–Crippen MR) is 121 cm³/mol. The molecule has 30 heavy (non-hydrogen) atoms. The maximum absolute atomic E-state index is 13.0. The number of thioether (sulfide) groups is 1. The number of amides is 1. The smallest absolute Gasteiger partial charge is 0.327 e. The van der Waals surface area contributed by atoms with Crippen LogP contribution in [0, 0.1) is 0 Å². The number of thiocarbonyl (C=S) groups is 1. The van der Waals surface area contributed by atoms with Gasteiger partial charge in [0, 0.05) is 6.42 Å². The van der Waals surface area contributed by atoms with Crippen molar-refractivity contribution in [2.45, 2.75) is 19.4 Å². The number of methoxy groups -OCH3 is 1. The maximum Gasteiger partial charge on any atom is 0.327 e. The van der Waals surface area contributed by atoms with Crippen LogP contribution < -0.4 is 9.47 Å². The minimum Gasteiger partial charge on any atom is -0.493 e. The predicted octanol–water partition coefficient (Wildman–Crippen LogP) is 3.99. The molecule has 0 aliphatic carbocycles. The number of carbonyl (C=O) groups is 2. The molecule has 3 rings (SSSR count). The van der Waals surface area contributed by atoms with Crippen LogP contribution in [0.3, 0.4) is 0 Å². The molecule has 0 saturated carbocycles. The first-order valence-electron chi connectivity index (χ1n) is 9.29. The van der Waals surface area contributed by atoms with Crippen LogP contribution in [0.4, 0.5) is 0 Å². The molecule has 2 aromatic rings. The lowest BCUT2D eigenvalue weighted by Crippen LogP contribution is -2.45. The maximum atomic E-state index is 13.0. The molecule has 8 heteroatoms. The molecule has 0 bridgehead atoms. The number of rotatable bonds is 8. The van der Waals surface area contributed by atoms with Gasteiger partial charge in [0.2, 0.25) is 0 Å². The van der Waals surface area contributed by atoms with Crippen molar-refractivity contribution in [3.05, 3.63) is 64.6 Å². The standard InChI is InChI=1S/C22H21NO5S2/c1-3-28-17-10-9-15(12-18(17)27-2)13-19-20(24)23(22(29)30-19)16(21(25)26)11-14-7-5-4-6-8-14/h4-10,12-13,16H,3,11H2,1-2H3,(H,25,26)/b19-13-. The Balaban J connectivity index is 1.87. The zero-order valence-electron chi connectivity index (χ0n) is 16.5. The molecule has 0 radical (unpaired) electrons. The van der Waals surface area contributed by atoms with E-state index >= 15 is 0 Å². The van der Waals surface area contributed by atoms with Crippen molar-refractivity contribution in [3.63, 3.8) is 0 Å². The number of ether oxygens (including phenoxy) is 2. The van der Waals surface area contributed by atoms with Crippen LogP contribution in [0.15, 0.2) is 53.4 Å². The molecule has 1 amide bonds. The molecule has 1 saturated heterocycles. The lowest BCUT2D eigenvalue weighted by Gasteiger charge is -2.23. The molecular weight excluding hydrogens is 422 g/mol. The third kappa shape index (κ3) is 4.83. The molecule has 1 atom stereocenters. The zero-order chi connectivity index (χ0) is 21.7. The van der Waals surface area contributed by atoms with E-state index in [2.05, 4.69) is 0 Å². The molecule has 1 heterocycles. The summed E-state index contributed by atoms with van der Waals surface area (Å²) < 4.78 is 11.1. The molecule has 0 spiro atoms. The van der Waals surface area contributed by atoms with Crippen molar-refractivity contribution >= 4 is 46.3 Å². The Morgan fingerprint density at radius 1 is 1.23 bits per heavy atom. The number of aliphatic carboxylic acids is 1. The van der Waals surface area contributed by atoms with Crippen LogP contribution in [-0.2, 0) is 16.0 Å². The molecule has 1 aliphatic heterocycles. The molecular formula is C22H21NO5S2. The van der Waals surface area contributed by atoms with E-state index in [1.54, 1.807) is 31.4 Å². The van der Waals surface area contributed by atoms with Gasteiger partial charge in [-0.1, -0.05) is 60.4 Å². The average Bonchev–Trinajstić information content (AvgIpc) is 3.01. The minimum absolute atomic E-state index is 0.173. The Bertz CT molecular complexity index is 990. The van der Waals surface area contributed by atoms with Crippen LogP contribution in [0.2, 0.25) is 0 Å². The van der Waals surface area contributed by atoms with Crippen LogP contribution in [0.1, 0.15) is 18.1 Å². The highest BCUT2D eigenvalue weighted by molar-refractivity contribution is 8.26. The number of hydrogen-bond acceptors (Lipinski definition) is 6. The Kier molecular flexibility index (Phi) is 7.12. The summed E-state index contributed by atoms with van der Waals surface area (Å²) in [5.41, 5.74) is 1.55. The van der Waals surface area contributed by atoms with Crippen molar-refractivity contribution in [3.8, 4) is 11.5 Å². The fourth-order valence-electron chi connectivity index (χ4n) is 3.07. The number of carboxylic acids is 1. The molecule has 1 aliphatic rings. The third-order valence-electron chi connectivity index (χ3n) is 4.48. The van der Waals surface area contributed by atoms with Crippen molar-refractivity contribution in [2.75, 3.05) is 13.7 Å². The summed E-state index contributed by atoms with van der Waals surface area (Å²) >= 11 is 6.44. The molecule has 1 N–H and O–H groups in total. The zero-order valence-corrected chi connectivity index (χ0v) is 18.2. The van der Waals surface area contributed by atoms with E-state index < -0.39 is 17.9 Å². The van der Waals surface area contributed by atoms with Crippen molar-refractivity contribution in [2.24, 2.45) is 0 Å². The van der Waals surface area contributed by atoms with E-state index in [0.717, 1.165) is 22.9 Å². The first-order valence-corrected chi connectivity index (χ1v) is 10.5. The number of nitrogens with zero attached hydrogens (tertiary/aromatic N) is 1. The normalized spacial score (nSPS) is 16.1. The quantitative estimate of drug-likeness (QED) is 0.488. The molecule has 2 aromatic carbocycles. The van der Waals surface area contributed by atoms with E-state index in [0.29, 0.717) is 23.0 Å². The lowest BCUT2D eigenvalue weighted by atomic mass is 10.0. The second kappa shape index (κ2) is 9.77. The Morgan fingerprint density at radius 2 is 1.97 bits per heavy atom. The van der Waals surface area contributed by atoms with Gasteiger partial charge in [0.05, 0.1) is 18.6 Å². The van der Waals surface area contributed by atoms with E-state index in [1.165, 1.54) is 4.90 Å². The van der Waals surface area contributed by atoms with E-state index in [9.17, 15) is 14.7 Å². The SMILES string of the molecule is CCOc1ccc(/C=C2\SC(=S)N(C(Cc3ccccc3)C(=O)O)C2=O)cc1OC. The fourth-order valence-corrected chi connectivity index (χ4v) is 4.43. The highest BCUT2D eigenvalue weighted by atomic mass is 32.2.